The van der Waals surface area contributed by atoms with Crippen LogP contribution in [0, 0.1) is 5.92 Å². The number of esters is 1. The maximum absolute atomic E-state index is 13.3. The van der Waals surface area contributed by atoms with Crippen molar-refractivity contribution in [3.63, 3.8) is 0 Å². The number of para-hydroxylation sites is 1. The number of hydrogen-bond donors (Lipinski definition) is 3. The Bertz CT molecular complexity index is 1170. The first kappa shape index (κ1) is 24.7. The molecule has 0 saturated heterocycles. The van der Waals surface area contributed by atoms with Crippen molar-refractivity contribution in [1.29, 1.82) is 0 Å². The van der Waals surface area contributed by atoms with Gasteiger partial charge in [0.05, 0.1) is 19.1 Å². The maximum Gasteiger partial charge on any atom is 0.408 e. The number of ketones is 2. The number of nitrogens with one attached hydrogen (secondary N) is 2. The minimum Gasteiger partial charge on any atom is -0.468 e. The van der Waals surface area contributed by atoms with Crippen molar-refractivity contribution in [3.05, 3.63) is 71.9 Å². The van der Waals surface area contributed by atoms with Gasteiger partial charge in [-0.2, -0.15) is 0 Å². The number of nitrogens with two attached hydrogens (primary N) is 1. The highest BCUT2D eigenvalue weighted by atomic mass is 16.5. The van der Waals surface area contributed by atoms with E-state index >= 15 is 0 Å². The van der Waals surface area contributed by atoms with Crippen LogP contribution in [-0.4, -0.2) is 47.8 Å². The minimum atomic E-state index is -1.59. The van der Waals surface area contributed by atoms with Gasteiger partial charge in [0, 0.05) is 23.5 Å². The van der Waals surface area contributed by atoms with Gasteiger partial charge in [0.2, 0.25) is 0 Å². The molecule has 0 radical (unpaired) electrons. The number of amides is 1. The number of aromatic amines is 1. The van der Waals surface area contributed by atoms with E-state index in [1.807, 2.05) is 42.5 Å². The molecule has 0 aliphatic carbocycles. The smallest absolute Gasteiger partial charge is 0.408 e. The first-order valence-corrected chi connectivity index (χ1v) is 10.7. The number of aromatic nitrogens is 1. The predicted molar refractivity (Wildman–Crippen MR) is 125 cm³/mol. The summed E-state index contributed by atoms with van der Waals surface area (Å²) in [7, 11) is 1.10. The molecule has 9 nitrogen and oxygen atoms in total. The fraction of sp³-hybridized carbons (Fsp3) is 0.280. The molecule has 3 atom stereocenters. The number of H-pyrrole nitrogens is 1. The third-order valence-electron chi connectivity index (χ3n) is 5.56. The van der Waals surface area contributed by atoms with Crippen LogP contribution in [0.3, 0.4) is 0 Å². The fourth-order valence-electron chi connectivity index (χ4n) is 3.60. The largest absolute Gasteiger partial charge is 0.468 e. The van der Waals surface area contributed by atoms with E-state index < -0.39 is 41.6 Å². The van der Waals surface area contributed by atoms with Crippen LogP contribution in [0.2, 0.25) is 0 Å². The Morgan fingerprint density at radius 2 is 1.68 bits per heavy atom. The summed E-state index contributed by atoms with van der Waals surface area (Å²) in [6.07, 6.45) is 1.04. The third kappa shape index (κ3) is 5.87. The standard InChI is InChI=1S/C25H27N3O6/c1-15(23(30)21(26)24(31)33-2)22(29)20(12-17-13-27-19-11-7-6-10-18(17)19)28-25(32)34-14-16-8-4-3-5-9-16/h3-11,13,15,20-21,27H,12,14,26H2,1-2H3,(H,28,32)/t15?,20-,21?/m0/s1. The number of fused-ring (bicyclic) bond motifs is 1. The van der Waals surface area contributed by atoms with Gasteiger partial charge in [0.15, 0.2) is 17.6 Å². The Hall–Kier alpha value is -3.98. The Labute approximate surface area is 196 Å². The number of carbonyl (C=O) groups is 4. The molecule has 0 aliphatic heterocycles. The van der Waals surface area contributed by atoms with Crippen molar-refractivity contribution >= 4 is 34.5 Å². The van der Waals surface area contributed by atoms with Gasteiger partial charge in [-0.3, -0.25) is 9.59 Å². The summed E-state index contributed by atoms with van der Waals surface area (Å²) in [5.41, 5.74) is 8.06. The monoisotopic (exact) mass is 465 g/mol. The molecule has 0 spiro atoms. The second-order valence-electron chi connectivity index (χ2n) is 7.85. The minimum absolute atomic E-state index is 0.0162. The molecule has 0 fully saturated rings. The van der Waals surface area contributed by atoms with Crippen LogP contribution >= 0.6 is 0 Å². The number of carbonyl (C=O) groups excluding carboxylic acids is 4. The third-order valence-corrected chi connectivity index (χ3v) is 5.56. The van der Waals surface area contributed by atoms with Gasteiger partial charge in [-0.25, -0.2) is 9.59 Å². The average molecular weight is 466 g/mol. The summed E-state index contributed by atoms with van der Waals surface area (Å²) in [5, 5.41) is 3.45. The summed E-state index contributed by atoms with van der Waals surface area (Å²) in [6, 6.07) is 13.9. The second-order valence-corrected chi connectivity index (χ2v) is 7.85. The quantitative estimate of drug-likeness (QED) is 0.308. The Morgan fingerprint density at radius 1 is 1.00 bits per heavy atom. The normalized spacial score (nSPS) is 13.5. The summed E-state index contributed by atoms with van der Waals surface area (Å²) in [5.74, 6) is -3.57. The molecule has 0 aliphatic rings. The molecule has 2 unspecified atom stereocenters. The van der Waals surface area contributed by atoms with E-state index in [9.17, 15) is 19.2 Å². The van der Waals surface area contributed by atoms with Gasteiger partial charge in [0.25, 0.3) is 0 Å². The summed E-state index contributed by atoms with van der Waals surface area (Å²) >= 11 is 0. The lowest BCUT2D eigenvalue weighted by atomic mass is 9.89. The molecule has 1 heterocycles. The first-order valence-electron chi connectivity index (χ1n) is 10.7. The lowest BCUT2D eigenvalue weighted by Crippen LogP contribution is -2.50. The molecule has 2 aromatic carbocycles. The molecule has 1 aromatic heterocycles. The topological polar surface area (TPSA) is 141 Å². The van der Waals surface area contributed by atoms with Crippen molar-refractivity contribution < 1.29 is 28.7 Å². The number of rotatable bonds is 10. The molecular weight excluding hydrogens is 438 g/mol. The molecule has 3 aromatic rings. The van der Waals surface area contributed by atoms with E-state index in [0.717, 1.165) is 29.1 Å². The summed E-state index contributed by atoms with van der Waals surface area (Å²) in [4.78, 5) is 53.2. The summed E-state index contributed by atoms with van der Waals surface area (Å²) < 4.78 is 9.77. The lowest BCUT2D eigenvalue weighted by Gasteiger charge is -2.21. The van der Waals surface area contributed by atoms with Gasteiger partial charge in [0.1, 0.15) is 6.61 Å². The van der Waals surface area contributed by atoms with Gasteiger partial charge in [-0.1, -0.05) is 48.5 Å². The van der Waals surface area contributed by atoms with Gasteiger partial charge in [-0.05, 0) is 24.1 Å². The number of benzene rings is 2. The van der Waals surface area contributed by atoms with Crippen LogP contribution in [-0.2, 0) is 36.9 Å². The van der Waals surface area contributed by atoms with Gasteiger partial charge >= 0.3 is 12.1 Å². The van der Waals surface area contributed by atoms with Crippen molar-refractivity contribution in [2.75, 3.05) is 7.11 Å². The number of hydrogen-bond acceptors (Lipinski definition) is 7. The highest BCUT2D eigenvalue weighted by molar-refractivity contribution is 6.13. The SMILES string of the molecule is COC(=O)C(N)C(=O)C(C)C(=O)[C@H](Cc1c[nH]c2ccccc12)NC(=O)OCc1ccccc1. The molecule has 178 valence electrons. The average Bonchev–Trinajstić information content (AvgIpc) is 3.28. The van der Waals surface area contributed by atoms with Crippen molar-refractivity contribution in [1.82, 2.24) is 10.3 Å². The Morgan fingerprint density at radius 3 is 2.38 bits per heavy atom. The number of alkyl carbamates (subject to hydrolysis) is 1. The fourth-order valence-corrected chi connectivity index (χ4v) is 3.60. The highest BCUT2D eigenvalue weighted by Gasteiger charge is 2.36. The second kappa shape index (κ2) is 11.2. The van der Waals surface area contributed by atoms with Crippen LogP contribution in [0.25, 0.3) is 10.9 Å². The van der Waals surface area contributed by atoms with Crippen LogP contribution in [0.15, 0.2) is 60.8 Å². The summed E-state index contributed by atoms with van der Waals surface area (Å²) in [6.45, 7) is 1.37. The maximum atomic E-state index is 13.3. The van der Waals surface area contributed by atoms with Crippen LogP contribution in [0.1, 0.15) is 18.1 Å². The predicted octanol–water partition coefficient (Wildman–Crippen LogP) is 2.28. The van der Waals surface area contributed by atoms with Crippen LogP contribution in [0.4, 0.5) is 4.79 Å². The zero-order valence-electron chi connectivity index (χ0n) is 18.9. The molecule has 0 saturated carbocycles. The zero-order valence-corrected chi connectivity index (χ0v) is 18.9. The molecule has 34 heavy (non-hydrogen) atoms. The highest BCUT2D eigenvalue weighted by Crippen LogP contribution is 2.20. The molecule has 3 rings (SSSR count). The Kier molecular flexibility index (Phi) is 8.15. The molecule has 4 N–H and O–H groups in total. The van der Waals surface area contributed by atoms with Crippen molar-refractivity contribution in [2.24, 2.45) is 11.7 Å². The molecule has 1 amide bonds. The van der Waals surface area contributed by atoms with E-state index in [0.29, 0.717) is 0 Å². The van der Waals surface area contributed by atoms with E-state index in [2.05, 4.69) is 15.0 Å². The molecule has 9 heteroatoms. The van der Waals surface area contributed by atoms with E-state index in [-0.39, 0.29) is 13.0 Å². The Balaban J connectivity index is 1.78. The van der Waals surface area contributed by atoms with Crippen molar-refractivity contribution in [2.45, 2.75) is 32.0 Å². The number of ether oxygens (including phenoxy) is 2. The number of methoxy groups -OCH3 is 1. The van der Waals surface area contributed by atoms with Crippen molar-refractivity contribution in [3.8, 4) is 0 Å². The van der Waals surface area contributed by atoms with Crippen LogP contribution in [0.5, 0.6) is 0 Å². The first-order chi connectivity index (χ1) is 16.3. The molecule has 0 bridgehead atoms. The molecular formula is C25H27N3O6. The number of Topliss-reactive ketones (excluding diaryl/α,β-unsaturated/α-hetero) is 2. The van der Waals surface area contributed by atoms with Gasteiger partial charge in [-0.15, -0.1) is 0 Å². The zero-order chi connectivity index (χ0) is 24.7. The van der Waals surface area contributed by atoms with E-state index in [1.165, 1.54) is 6.92 Å². The lowest BCUT2D eigenvalue weighted by molar-refractivity contribution is -0.147. The van der Waals surface area contributed by atoms with E-state index in [4.69, 9.17) is 10.5 Å². The van der Waals surface area contributed by atoms with Gasteiger partial charge < -0.3 is 25.5 Å². The van der Waals surface area contributed by atoms with E-state index in [1.54, 1.807) is 18.3 Å². The van der Waals surface area contributed by atoms with Crippen LogP contribution < -0.4 is 11.1 Å².